The van der Waals surface area contributed by atoms with Crippen molar-refractivity contribution in [2.45, 2.75) is 52.7 Å². The van der Waals surface area contributed by atoms with E-state index in [0.717, 1.165) is 25.8 Å². The molecule has 1 aromatic rings. The number of hydrogen-bond acceptors (Lipinski definition) is 4. The van der Waals surface area contributed by atoms with E-state index in [4.69, 9.17) is 0 Å². The average Bonchev–Trinajstić information content (AvgIpc) is 2.65. The summed E-state index contributed by atoms with van der Waals surface area (Å²) in [6, 6.07) is 0. The fourth-order valence-corrected chi connectivity index (χ4v) is 2.77. The fraction of sp³-hybridized carbons (Fsp3) is 0.769. The number of rotatable bonds is 8. The molecule has 0 fully saturated rings. The summed E-state index contributed by atoms with van der Waals surface area (Å²) in [5, 5.41) is 14.1. The van der Waals surface area contributed by atoms with E-state index in [2.05, 4.69) is 31.1 Å². The molecule has 0 radical (unpaired) electrons. The fourth-order valence-electron chi connectivity index (χ4n) is 1.67. The van der Waals surface area contributed by atoms with Gasteiger partial charge in [-0.3, -0.25) is 0 Å². The highest BCUT2D eigenvalue weighted by atomic mass is 32.1. The minimum absolute atomic E-state index is 0.219. The maximum absolute atomic E-state index is 9.58. The topological polar surface area (TPSA) is 45.1 Å². The van der Waals surface area contributed by atoms with Crippen LogP contribution in [0.5, 0.6) is 0 Å². The monoisotopic (exact) mass is 256 g/mol. The molecule has 0 saturated heterocycles. The van der Waals surface area contributed by atoms with Crippen molar-refractivity contribution in [3.63, 3.8) is 0 Å². The van der Waals surface area contributed by atoms with Crippen LogP contribution in [-0.2, 0) is 13.0 Å². The van der Waals surface area contributed by atoms with Crippen molar-refractivity contribution in [3.05, 3.63) is 16.1 Å². The molecule has 98 valence electrons. The molecule has 1 rings (SSSR count). The minimum Gasteiger partial charge on any atom is -0.392 e. The van der Waals surface area contributed by atoms with Crippen molar-refractivity contribution in [1.82, 2.24) is 10.3 Å². The molecule has 0 aliphatic rings. The van der Waals surface area contributed by atoms with Gasteiger partial charge in [0.25, 0.3) is 0 Å². The summed E-state index contributed by atoms with van der Waals surface area (Å²) in [6.45, 7) is 7.99. The van der Waals surface area contributed by atoms with E-state index in [9.17, 15) is 5.11 Å². The van der Waals surface area contributed by atoms with E-state index in [1.54, 1.807) is 11.3 Å². The molecule has 17 heavy (non-hydrogen) atoms. The zero-order valence-corrected chi connectivity index (χ0v) is 11.9. The Kier molecular flexibility index (Phi) is 6.70. The average molecular weight is 256 g/mol. The van der Waals surface area contributed by atoms with Crippen LogP contribution in [0.15, 0.2) is 6.20 Å². The van der Waals surface area contributed by atoms with Gasteiger partial charge in [0.15, 0.2) is 0 Å². The minimum atomic E-state index is -0.219. The molecule has 1 heterocycles. The predicted molar refractivity (Wildman–Crippen MR) is 73.3 cm³/mol. The molecule has 0 amide bonds. The van der Waals surface area contributed by atoms with E-state index in [0.29, 0.717) is 12.5 Å². The molecule has 1 unspecified atom stereocenters. The Morgan fingerprint density at radius 1 is 1.47 bits per heavy atom. The maximum atomic E-state index is 9.58. The number of aliphatic hydroxyl groups is 1. The van der Waals surface area contributed by atoms with Crippen molar-refractivity contribution in [3.8, 4) is 0 Å². The summed E-state index contributed by atoms with van der Waals surface area (Å²) in [5.41, 5.74) is 0. The van der Waals surface area contributed by atoms with Crippen molar-refractivity contribution in [2.24, 2.45) is 5.92 Å². The smallest absolute Gasteiger partial charge is 0.0930 e. The van der Waals surface area contributed by atoms with Crippen molar-refractivity contribution in [1.29, 1.82) is 0 Å². The molecule has 1 atom stereocenters. The van der Waals surface area contributed by atoms with Gasteiger partial charge in [-0.1, -0.05) is 27.2 Å². The van der Waals surface area contributed by atoms with Crippen LogP contribution in [-0.4, -0.2) is 22.7 Å². The lowest BCUT2D eigenvalue weighted by molar-refractivity contribution is 0.160. The third-order valence-electron chi connectivity index (χ3n) is 2.49. The summed E-state index contributed by atoms with van der Waals surface area (Å²) in [5.74, 6) is 0.660. The molecule has 0 aliphatic carbocycles. The summed E-state index contributed by atoms with van der Waals surface area (Å²) in [7, 11) is 0. The standard InChI is InChI=1S/C13H24N2OS/c1-4-5-11(16)7-14-8-12-9-15-13(17-12)6-10(2)3/h9-11,14,16H,4-8H2,1-3H3. The second-order valence-corrected chi connectivity index (χ2v) is 6.09. The summed E-state index contributed by atoms with van der Waals surface area (Å²) in [4.78, 5) is 5.66. The first-order chi connectivity index (χ1) is 8.11. The van der Waals surface area contributed by atoms with Gasteiger partial charge in [-0.25, -0.2) is 4.98 Å². The van der Waals surface area contributed by atoms with Gasteiger partial charge in [0.1, 0.15) is 0 Å². The molecule has 1 aromatic heterocycles. The second-order valence-electron chi connectivity index (χ2n) is 4.89. The number of hydrogen-bond donors (Lipinski definition) is 2. The number of nitrogens with one attached hydrogen (secondary N) is 1. The van der Waals surface area contributed by atoms with Crippen LogP contribution in [0.2, 0.25) is 0 Å². The first-order valence-electron chi connectivity index (χ1n) is 6.44. The zero-order valence-electron chi connectivity index (χ0n) is 11.1. The summed E-state index contributed by atoms with van der Waals surface area (Å²) >= 11 is 1.77. The molecule has 0 bridgehead atoms. The number of thiazole rings is 1. The Morgan fingerprint density at radius 3 is 2.88 bits per heavy atom. The lowest BCUT2D eigenvalue weighted by Gasteiger charge is -2.09. The van der Waals surface area contributed by atoms with E-state index in [1.165, 1.54) is 9.88 Å². The Morgan fingerprint density at radius 2 is 2.24 bits per heavy atom. The molecule has 0 aromatic carbocycles. The SMILES string of the molecule is CCCC(O)CNCc1cnc(CC(C)C)s1. The van der Waals surface area contributed by atoms with E-state index in [-0.39, 0.29) is 6.10 Å². The first-order valence-corrected chi connectivity index (χ1v) is 7.25. The Balaban J connectivity index is 2.25. The van der Waals surface area contributed by atoms with Gasteiger partial charge >= 0.3 is 0 Å². The molecular weight excluding hydrogens is 232 g/mol. The van der Waals surface area contributed by atoms with E-state index in [1.807, 2.05) is 6.20 Å². The van der Waals surface area contributed by atoms with Crippen molar-refractivity contribution < 1.29 is 5.11 Å². The van der Waals surface area contributed by atoms with E-state index < -0.39 is 0 Å². The van der Waals surface area contributed by atoms with Gasteiger partial charge in [0.2, 0.25) is 0 Å². The number of aromatic nitrogens is 1. The Labute approximate surface area is 108 Å². The highest BCUT2D eigenvalue weighted by Crippen LogP contribution is 2.16. The molecular formula is C13H24N2OS. The highest BCUT2D eigenvalue weighted by molar-refractivity contribution is 7.11. The van der Waals surface area contributed by atoms with Crippen LogP contribution >= 0.6 is 11.3 Å². The molecule has 4 heteroatoms. The highest BCUT2D eigenvalue weighted by Gasteiger charge is 2.05. The van der Waals surface area contributed by atoms with Gasteiger partial charge in [0.05, 0.1) is 11.1 Å². The third kappa shape index (κ3) is 6.15. The summed E-state index contributed by atoms with van der Waals surface area (Å²) < 4.78 is 0. The van der Waals surface area contributed by atoms with Gasteiger partial charge in [-0.15, -0.1) is 11.3 Å². The van der Waals surface area contributed by atoms with Gasteiger partial charge < -0.3 is 10.4 Å². The van der Waals surface area contributed by atoms with Crippen LogP contribution in [0.4, 0.5) is 0 Å². The van der Waals surface area contributed by atoms with Crippen molar-refractivity contribution in [2.75, 3.05) is 6.54 Å². The van der Waals surface area contributed by atoms with Gasteiger partial charge in [-0.05, 0) is 12.3 Å². The van der Waals surface area contributed by atoms with Crippen LogP contribution in [0.1, 0.15) is 43.5 Å². The predicted octanol–water partition coefficient (Wildman–Crippen LogP) is 2.59. The lowest BCUT2D eigenvalue weighted by atomic mass is 10.1. The van der Waals surface area contributed by atoms with Crippen molar-refractivity contribution >= 4 is 11.3 Å². The molecule has 2 N–H and O–H groups in total. The normalized spacial score (nSPS) is 13.2. The second kappa shape index (κ2) is 7.80. The van der Waals surface area contributed by atoms with Crippen LogP contribution < -0.4 is 5.32 Å². The molecule has 0 aliphatic heterocycles. The summed E-state index contributed by atoms with van der Waals surface area (Å²) in [6.07, 6.45) is 4.68. The molecule has 3 nitrogen and oxygen atoms in total. The lowest BCUT2D eigenvalue weighted by Crippen LogP contribution is -2.25. The zero-order chi connectivity index (χ0) is 12.7. The molecule has 0 spiro atoms. The Hall–Kier alpha value is -0.450. The third-order valence-corrected chi connectivity index (χ3v) is 3.51. The Bertz CT molecular complexity index is 312. The van der Waals surface area contributed by atoms with Crippen LogP contribution in [0.3, 0.4) is 0 Å². The quantitative estimate of drug-likeness (QED) is 0.751. The van der Waals surface area contributed by atoms with Crippen LogP contribution in [0, 0.1) is 5.92 Å². The van der Waals surface area contributed by atoms with Crippen LogP contribution in [0.25, 0.3) is 0 Å². The van der Waals surface area contributed by atoms with Gasteiger partial charge in [-0.2, -0.15) is 0 Å². The first kappa shape index (κ1) is 14.6. The number of aliphatic hydroxyl groups excluding tert-OH is 1. The maximum Gasteiger partial charge on any atom is 0.0930 e. The molecule has 0 saturated carbocycles. The van der Waals surface area contributed by atoms with Gasteiger partial charge in [0, 0.05) is 30.6 Å². The van der Waals surface area contributed by atoms with E-state index >= 15 is 0 Å². The largest absolute Gasteiger partial charge is 0.392 e. The number of nitrogens with zero attached hydrogens (tertiary/aromatic N) is 1.